The van der Waals surface area contributed by atoms with Gasteiger partial charge in [-0.15, -0.1) is 5.10 Å². The van der Waals surface area contributed by atoms with Crippen molar-refractivity contribution in [3.8, 4) is 17.6 Å². The molecular weight excluding hydrogens is 394 g/mol. The fourth-order valence-electron chi connectivity index (χ4n) is 3.07. The summed E-state index contributed by atoms with van der Waals surface area (Å²) < 4.78 is 7.14. The number of pyridine rings is 1. The lowest BCUT2D eigenvalue weighted by molar-refractivity contribution is 0.482. The first-order valence-electron chi connectivity index (χ1n) is 9.79. The summed E-state index contributed by atoms with van der Waals surface area (Å²) in [6.45, 7) is 5.45. The van der Waals surface area contributed by atoms with E-state index in [2.05, 4.69) is 31.4 Å². The van der Waals surface area contributed by atoms with Gasteiger partial charge in [-0.3, -0.25) is 4.98 Å². The Balaban J connectivity index is 1.62. The van der Waals surface area contributed by atoms with Crippen molar-refractivity contribution in [1.29, 1.82) is 5.26 Å². The molecule has 156 valence electrons. The number of fused-ring (bicyclic) bond motifs is 1. The van der Waals surface area contributed by atoms with Crippen molar-refractivity contribution in [3.05, 3.63) is 54.4 Å². The molecule has 3 heterocycles. The Labute approximate surface area is 178 Å². The van der Waals surface area contributed by atoms with Gasteiger partial charge in [0, 0.05) is 31.2 Å². The second-order valence-corrected chi connectivity index (χ2v) is 6.56. The van der Waals surface area contributed by atoms with E-state index in [1.54, 1.807) is 24.5 Å². The number of nitrogens with one attached hydrogen (secondary N) is 1. The molecule has 3 aromatic heterocycles. The number of hydrogen-bond acceptors (Lipinski definition) is 9. The van der Waals surface area contributed by atoms with Crippen LogP contribution in [-0.4, -0.2) is 37.7 Å². The molecule has 0 saturated carbocycles. The molecule has 10 heteroatoms. The van der Waals surface area contributed by atoms with Crippen molar-refractivity contribution in [2.45, 2.75) is 13.8 Å². The summed E-state index contributed by atoms with van der Waals surface area (Å²) in [4.78, 5) is 14.8. The fourth-order valence-corrected chi connectivity index (χ4v) is 3.07. The number of nitrogens with two attached hydrogens (primary N) is 1. The van der Waals surface area contributed by atoms with Crippen LogP contribution in [0, 0.1) is 11.3 Å². The van der Waals surface area contributed by atoms with Crippen LogP contribution in [0.1, 0.15) is 19.4 Å². The van der Waals surface area contributed by atoms with Crippen molar-refractivity contribution in [2.24, 2.45) is 0 Å². The second-order valence-electron chi connectivity index (χ2n) is 6.56. The highest BCUT2D eigenvalue weighted by molar-refractivity contribution is 5.73. The molecule has 0 unspecified atom stereocenters. The average Bonchev–Trinajstić information content (AvgIpc) is 3.14. The molecule has 0 aliphatic rings. The zero-order valence-corrected chi connectivity index (χ0v) is 17.1. The Morgan fingerprint density at radius 1 is 1.06 bits per heavy atom. The summed E-state index contributed by atoms with van der Waals surface area (Å²) in [5.41, 5.74) is 7.48. The Hall–Kier alpha value is -4.39. The summed E-state index contributed by atoms with van der Waals surface area (Å²) in [5, 5.41) is 17.3. The molecule has 0 aliphatic carbocycles. The highest BCUT2D eigenvalue weighted by atomic mass is 16.5. The Morgan fingerprint density at radius 3 is 2.39 bits per heavy atom. The lowest BCUT2D eigenvalue weighted by atomic mass is 10.2. The maximum atomic E-state index is 9.74. The standard InChI is InChI=1S/C21H21N9O/c1-3-29(4-2)21-26-19-17(13-22)18(28-30(19)20(23)27-21)25-14-5-7-15(8-6-14)31-16-9-11-24-12-10-16/h5-12H,3-4H2,1-2H3,(H,25,28)(H2,23,26,27). The highest BCUT2D eigenvalue weighted by Crippen LogP contribution is 2.27. The molecule has 4 rings (SSSR count). The van der Waals surface area contributed by atoms with Gasteiger partial charge in [-0.1, -0.05) is 0 Å². The van der Waals surface area contributed by atoms with E-state index in [0.717, 1.165) is 18.8 Å². The highest BCUT2D eigenvalue weighted by Gasteiger charge is 2.19. The lowest BCUT2D eigenvalue weighted by Crippen LogP contribution is -2.25. The van der Waals surface area contributed by atoms with E-state index < -0.39 is 0 Å². The van der Waals surface area contributed by atoms with Gasteiger partial charge in [-0.2, -0.15) is 19.7 Å². The van der Waals surface area contributed by atoms with Crippen molar-refractivity contribution < 1.29 is 4.74 Å². The molecule has 0 amide bonds. The molecule has 0 radical (unpaired) electrons. The summed E-state index contributed by atoms with van der Waals surface area (Å²) in [5.74, 6) is 2.35. The third-order valence-electron chi connectivity index (χ3n) is 4.66. The van der Waals surface area contributed by atoms with E-state index in [0.29, 0.717) is 34.5 Å². The molecule has 1 aromatic carbocycles. The minimum Gasteiger partial charge on any atom is -0.457 e. The fraction of sp³-hybridized carbons (Fsp3) is 0.190. The van der Waals surface area contributed by atoms with Crippen molar-refractivity contribution in [3.63, 3.8) is 0 Å². The summed E-state index contributed by atoms with van der Waals surface area (Å²) >= 11 is 0. The number of nitrogens with zero attached hydrogens (tertiary/aromatic N) is 7. The Kier molecular flexibility index (Phi) is 5.49. The first kappa shape index (κ1) is 19.9. The van der Waals surface area contributed by atoms with Crippen molar-refractivity contribution >= 4 is 29.0 Å². The predicted molar refractivity (Wildman–Crippen MR) is 118 cm³/mol. The quantitative estimate of drug-likeness (QED) is 0.466. The van der Waals surface area contributed by atoms with Crippen molar-refractivity contribution in [2.75, 3.05) is 29.0 Å². The van der Waals surface area contributed by atoms with Gasteiger partial charge in [0.15, 0.2) is 11.5 Å². The second kappa shape index (κ2) is 8.54. The Morgan fingerprint density at radius 2 is 1.74 bits per heavy atom. The van der Waals surface area contributed by atoms with E-state index in [1.165, 1.54) is 4.52 Å². The van der Waals surface area contributed by atoms with Crippen LogP contribution in [0.2, 0.25) is 0 Å². The minimum absolute atomic E-state index is 0.164. The van der Waals surface area contributed by atoms with Crippen LogP contribution in [0.15, 0.2) is 48.8 Å². The third kappa shape index (κ3) is 4.02. The van der Waals surface area contributed by atoms with E-state index in [4.69, 9.17) is 10.5 Å². The van der Waals surface area contributed by atoms with Crippen LogP contribution < -0.4 is 20.7 Å². The molecule has 0 bridgehead atoms. The molecular formula is C21H21N9O. The monoisotopic (exact) mass is 415 g/mol. The molecule has 31 heavy (non-hydrogen) atoms. The molecule has 0 fully saturated rings. The zero-order valence-electron chi connectivity index (χ0n) is 17.1. The first-order valence-corrected chi connectivity index (χ1v) is 9.79. The van der Waals surface area contributed by atoms with Crippen LogP contribution in [0.4, 0.5) is 23.4 Å². The van der Waals surface area contributed by atoms with Gasteiger partial charge in [0.05, 0.1) is 0 Å². The van der Waals surface area contributed by atoms with Crippen LogP contribution in [0.3, 0.4) is 0 Å². The number of ether oxygens (including phenoxy) is 1. The number of anilines is 4. The topological polar surface area (TPSA) is 130 Å². The van der Waals surface area contributed by atoms with Gasteiger partial charge in [-0.25, -0.2) is 0 Å². The SMILES string of the molecule is CCN(CC)c1nc(N)n2nc(Nc3ccc(Oc4ccncc4)cc3)c(C#N)c2n1. The van der Waals surface area contributed by atoms with E-state index in [9.17, 15) is 5.26 Å². The van der Waals surface area contributed by atoms with Crippen LogP contribution in [-0.2, 0) is 0 Å². The molecule has 0 aliphatic heterocycles. The van der Waals surface area contributed by atoms with E-state index >= 15 is 0 Å². The number of aromatic nitrogens is 5. The number of rotatable bonds is 7. The molecule has 0 saturated heterocycles. The smallest absolute Gasteiger partial charge is 0.230 e. The minimum atomic E-state index is 0.164. The first-order chi connectivity index (χ1) is 15.1. The number of hydrogen-bond donors (Lipinski definition) is 2. The molecule has 3 N–H and O–H groups in total. The van der Waals surface area contributed by atoms with Gasteiger partial charge in [0.2, 0.25) is 11.9 Å². The molecule has 4 aromatic rings. The molecule has 0 spiro atoms. The van der Waals surface area contributed by atoms with Gasteiger partial charge in [0.1, 0.15) is 23.1 Å². The normalized spacial score (nSPS) is 10.6. The summed E-state index contributed by atoms with van der Waals surface area (Å²) in [6, 6.07) is 13.0. The lowest BCUT2D eigenvalue weighted by Gasteiger charge is -2.18. The zero-order chi connectivity index (χ0) is 21.8. The van der Waals surface area contributed by atoms with Gasteiger partial charge in [-0.05, 0) is 50.2 Å². The Bertz CT molecular complexity index is 1230. The van der Waals surface area contributed by atoms with E-state index in [-0.39, 0.29) is 5.95 Å². The predicted octanol–water partition coefficient (Wildman–Crippen LogP) is 3.36. The van der Waals surface area contributed by atoms with E-state index in [1.807, 2.05) is 43.0 Å². The number of benzene rings is 1. The average molecular weight is 415 g/mol. The van der Waals surface area contributed by atoms with Crippen LogP contribution >= 0.6 is 0 Å². The van der Waals surface area contributed by atoms with Crippen molar-refractivity contribution in [1.82, 2.24) is 24.6 Å². The van der Waals surface area contributed by atoms with Crippen LogP contribution in [0.25, 0.3) is 5.65 Å². The third-order valence-corrected chi connectivity index (χ3v) is 4.66. The number of nitrogen functional groups attached to an aromatic ring is 1. The maximum Gasteiger partial charge on any atom is 0.230 e. The van der Waals surface area contributed by atoms with Gasteiger partial charge >= 0.3 is 0 Å². The van der Waals surface area contributed by atoms with Gasteiger partial charge < -0.3 is 20.7 Å². The summed E-state index contributed by atoms with van der Waals surface area (Å²) in [7, 11) is 0. The summed E-state index contributed by atoms with van der Waals surface area (Å²) in [6.07, 6.45) is 3.33. The van der Waals surface area contributed by atoms with Crippen LogP contribution in [0.5, 0.6) is 11.5 Å². The molecule has 0 atom stereocenters. The maximum absolute atomic E-state index is 9.74. The number of nitriles is 1. The largest absolute Gasteiger partial charge is 0.457 e. The van der Waals surface area contributed by atoms with Gasteiger partial charge in [0.25, 0.3) is 0 Å². The molecule has 10 nitrogen and oxygen atoms in total.